The number of anilines is 2. The number of hydrogen-bond donors (Lipinski definition) is 2. The normalized spacial score (nSPS) is 11.4. The molecule has 0 saturated heterocycles. The van der Waals surface area contributed by atoms with Gasteiger partial charge in [-0.25, -0.2) is 0 Å². The summed E-state index contributed by atoms with van der Waals surface area (Å²) in [6, 6.07) is 7.62. The van der Waals surface area contributed by atoms with Gasteiger partial charge in [-0.15, -0.1) is 0 Å². The first-order valence-electron chi connectivity index (χ1n) is 8.20. The summed E-state index contributed by atoms with van der Waals surface area (Å²) in [6.07, 6.45) is -4.58. The van der Waals surface area contributed by atoms with Gasteiger partial charge in [0, 0.05) is 10.0 Å². The molecular formula is C19H19BrF3N3O2. The number of likely N-dealkylation sites (N-methyl/N-ethyl adjacent to an activating group) is 1. The van der Waals surface area contributed by atoms with Crippen molar-refractivity contribution >= 4 is 39.1 Å². The number of amides is 2. The van der Waals surface area contributed by atoms with Crippen LogP contribution < -0.4 is 10.6 Å². The SMILES string of the molecule is Cc1ccc(C(=O)Nc2cc(C(F)(F)F)ccc2NC(=O)CN(C)C)cc1Br. The first-order valence-corrected chi connectivity index (χ1v) is 9.00. The topological polar surface area (TPSA) is 61.4 Å². The largest absolute Gasteiger partial charge is 0.416 e. The minimum atomic E-state index is -4.58. The standard InChI is InChI=1S/C19H19BrF3N3O2/c1-11-4-5-12(8-14(11)20)18(28)25-16-9-13(19(21,22)23)6-7-15(16)24-17(27)10-26(2)3/h4-9H,10H2,1-3H3,(H,24,27)(H,25,28). The van der Waals surface area contributed by atoms with Gasteiger partial charge in [-0.3, -0.25) is 9.59 Å². The number of halogens is 4. The Hall–Kier alpha value is -2.39. The Labute approximate surface area is 169 Å². The number of carbonyl (C=O) groups excluding carboxylic acids is 2. The average Bonchev–Trinajstić information content (AvgIpc) is 2.57. The highest BCUT2D eigenvalue weighted by atomic mass is 79.9. The highest BCUT2D eigenvalue weighted by molar-refractivity contribution is 9.10. The number of nitrogens with zero attached hydrogens (tertiary/aromatic N) is 1. The van der Waals surface area contributed by atoms with Gasteiger partial charge < -0.3 is 15.5 Å². The van der Waals surface area contributed by atoms with Crippen LogP contribution in [0.15, 0.2) is 40.9 Å². The molecule has 0 unspecified atom stereocenters. The molecule has 2 aromatic rings. The van der Waals surface area contributed by atoms with Crippen LogP contribution in [0.1, 0.15) is 21.5 Å². The van der Waals surface area contributed by atoms with Gasteiger partial charge in [-0.2, -0.15) is 13.2 Å². The van der Waals surface area contributed by atoms with Crippen LogP contribution in [0.3, 0.4) is 0 Å². The van der Waals surface area contributed by atoms with Crippen LogP contribution in [-0.2, 0) is 11.0 Å². The van der Waals surface area contributed by atoms with Gasteiger partial charge in [0.1, 0.15) is 0 Å². The molecule has 28 heavy (non-hydrogen) atoms. The Morgan fingerprint density at radius 3 is 2.29 bits per heavy atom. The summed E-state index contributed by atoms with van der Waals surface area (Å²) in [4.78, 5) is 26.1. The summed E-state index contributed by atoms with van der Waals surface area (Å²) < 4.78 is 39.9. The van der Waals surface area contributed by atoms with Crippen molar-refractivity contribution in [2.24, 2.45) is 0 Å². The number of aryl methyl sites for hydroxylation is 1. The summed E-state index contributed by atoms with van der Waals surface area (Å²) in [7, 11) is 3.37. The van der Waals surface area contributed by atoms with E-state index < -0.39 is 23.6 Å². The van der Waals surface area contributed by atoms with Crippen LogP contribution in [0.5, 0.6) is 0 Å². The molecule has 9 heteroatoms. The van der Waals surface area contributed by atoms with Gasteiger partial charge in [0.2, 0.25) is 5.91 Å². The predicted molar refractivity (Wildman–Crippen MR) is 105 cm³/mol. The number of nitrogens with one attached hydrogen (secondary N) is 2. The third-order valence-electron chi connectivity index (χ3n) is 3.76. The highest BCUT2D eigenvalue weighted by Crippen LogP contribution is 2.34. The molecule has 2 amide bonds. The summed E-state index contributed by atoms with van der Waals surface area (Å²) in [6.45, 7) is 1.89. The lowest BCUT2D eigenvalue weighted by atomic mass is 10.1. The Bertz CT molecular complexity index is 898. The molecule has 2 aromatic carbocycles. The van der Waals surface area contributed by atoms with Crippen LogP contribution in [0.2, 0.25) is 0 Å². The van der Waals surface area contributed by atoms with Crippen molar-refractivity contribution in [2.75, 3.05) is 31.3 Å². The Kier molecular flexibility index (Phi) is 6.84. The summed E-state index contributed by atoms with van der Waals surface area (Å²) in [5.74, 6) is -1.01. The minimum absolute atomic E-state index is 0.0410. The van der Waals surface area contributed by atoms with Gasteiger partial charge in [0.15, 0.2) is 0 Å². The van der Waals surface area contributed by atoms with Crippen molar-refractivity contribution in [1.29, 1.82) is 0 Å². The lowest BCUT2D eigenvalue weighted by Crippen LogP contribution is -2.27. The second-order valence-electron chi connectivity index (χ2n) is 6.46. The van der Waals surface area contributed by atoms with Crippen molar-refractivity contribution in [1.82, 2.24) is 4.90 Å². The lowest BCUT2D eigenvalue weighted by molar-refractivity contribution is -0.137. The third-order valence-corrected chi connectivity index (χ3v) is 4.62. The molecule has 0 fully saturated rings. The molecule has 0 bridgehead atoms. The van der Waals surface area contributed by atoms with Crippen molar-refractivity contribution in [3.8, 4) is 0 Å². The molecule has 150 valence electrons. The molecule has 0 saturated carbocycles. The van der Waals surface area contributed by atoms with Crippen LogP contribution in [0, 0.1) is 6.92 Å². The molecule has 0 atom stereocenters. The van der Waals surface area contributed by atoms with Crippen LogP contribution >= 0.6 is 15.9 Å². The number of benzene rings is 2. The fraction of sp³-hybridized carbons (Fsp3) is 0.263. The molecule has 2 rings (SSSR count). The maximum Gasteiger partial charge on any atom is 0.416 e. The molecule has 0 heterocycles. The number of rotatable bonds is 5. The van der Waals surface area contributed by atoms with Crippen LogP contribution in [0.4, 0.5) is 24.5 Å². The van der Waals surface area contributed by atoms with Crippen molar-refractivity contribution in [2.45, 2.75) is 13.1 Å². The van der Waals surface area contributed by atoms with Gasteiger partial charge in [0.25, 0.3) is 5.91 Å². The molecule has 0 radical (unpaired) electrons. The summed E-state index contributed by atoms with van der Waals surface area (Å²) in [5.41, 5.74) is 0.189. The fourth-order valence-corrected chi connectivity index (χ4v) is 2.72. The van der Waals surface area contributed by atoms with E-state index in [0.29, 0.717) is 4.47 Å². The molecule has 0 aliphatic rings. The van der Waals surface area contributed by atoms with E-state index in [-0.39, 0.29) is 23.5 Å². The van der Waals surface area contributed by atoms with Crippen molar-refractivity contribution in [3.05, 3.63) is 57.6 Å². The third kappa shape index (κ3) is 5.80. The van der Waals surface area contributed by atoms with Gasteiger partial charge >= 0.3 is 6.18 Å². The second kappa shape index (κ2) is 8.74. The highest BCUT2D eigenvalue weighted by Gasteiger charge is 2.31. The summed E-state index contributed by atoms with van der Waals surface area (Å²) in [5, 5.41) is 4.98. The maximum atomic E-state index is 13.1. The monoisotopic (exact) mass is 457 g/mol. The van der Waals surface area contributed by atoms with E-state index >= 15 is 0 Å². The van der Waals surface area contributed by atoms with Gasteiger partial charge in [0.05, 0.1) is 23.5 Å². The predicted octanol–water partition coefficient (Wildman–Crippen LogP) is 4.53. The van der Waals surface area contributed by atoms with Gasteiger partial charge in [-0.1, -0.05) is 22.0 Å². The van der Waals surface area contributed by atoms with E-state index in [1.165, 1.54) is 0 Å². The van der Waals surface area contributed by atoms with E-state index in [1.807, 2.05) is 6.92 Å². The number of alkyl halides is 3. The summed E-state index contributed by atoms with van der Waals surface area (Å²) >= 11 is 3.32. The maximum absolute atomic E-state index is 13.1. The first-order chi connectivity index (χ1) is 13.0. The molecule has 0 spiro atoms. The molecule has 0 aromatic heterocycles. The zero-order chi connectivity index (χ0) is 21.1. The molecular weight excluding hydrogens is 439 g/mol. The van der Waals surface area contributed by atoms with Gasteiger partial charge in [-0.05, 0) is 56.9 Å². The molecule has 2 N–H and O–H groups in total. The first kappa shape index (κ1) is 21.9. The lowest BCUT2D eigenvalue weighted by Gasteiger charge is -2.16. The number of carbonyl (C=O) groups is 2. The smallest absolute Gasteiger partial charge is 0.323 e. The van der Waals surface area contributed by atoms with E-state index in [4.69, 9.17) is 0 Å². The van der Waals surface area contributed by atoms with E-state index in [0.717, 1.165) is 23.8 Å². The quantitative estimate of drug-likeness (QED) is 0.693. The molecule has 0 aliphatic heterocycles. The fourth-order valence-electron chi connectivity index (χ4n) is 2.34. The van der Waals surface area contributed by atoms with E-state index in [1.54, 1.807) is 37.2 Å². The average molecular weight is 458 g/mol. The molecule has 5 nitrogen and oxygen atoms in total. The zero-order valence-corrected chi connectivity index (χ0v) is 17.0. The van der Waals surface area contributed by atoms with E-state index in [9.17, 15) is 22.8 Å². The molecule has 0 aliphatic carbocycles. The zero-order valence-electron chi connectivity index (χ0n) is 15.4. The van der Waals surface area contributed by atoms with Crippen molar-refractivity contribution in [3.63, 3.8) is 0 Å². The van der Waals surface area contributed by atoms with Crippen LogP contribution in [0.25, 0.3) is 0 Å². The van der Waals surface area contributed by atoms with E-state index in [2.05, 4.69) is 26.6 Å². The Morgan fingerprint density at radius 2 is 1.71 bits per heavy atom. The minimum Gasteiger partial charge on any atom is -0.323 e. The Morgan fingerprint density at radius 1 is 1.04 bits per heavy atom. The second-order valence-corrected chi connectivity index (χ2v) is 7.32. The Balaban J connectivity index is 2.36. The van der Waals surface area contributed by atoms with Crippen LogP contribution in [-0.4, -0.2) is 37.4 Å². The number of hydrogen-bond acceptors (Lipinski definition) is 3. The van der Waals surface area contributed by atoms with Crippen molar-refractivity contribution < 1.29 is 22.8 Å².